The van der Waals surface area contributed by atoms with Crippen LogP contribution in [0.5, 0.6) is 0 Å². The zero-order chi connectivity index (χ0) is 20.6. The first-order chi connectivity index (χ1) is 13.8. The Kier molecular flexibility index (Phi) is 5.00. The van der Waals surface area contributed by atoms with Crippen molar-refractivity contribution in [2.75, 3.05) is 0 Å². The summed E-state index contributed by atoms with van der Waals surface area (Å²) in [6.45, 7) is 2.04. The molecule has 0 aliphatic heterocycles. The number of aryl methyl sites for hydroxylation is 1. The first-order valence-corrected chi connectivity index (χ1v) is 10.8. The number of hydrogen-bond acceptors (Lipinski definition) is 3. The van der Waals surface area contributed by atoms with Crippen LogP contribution in [0.2, 0.25) is 5.02 Å². The van der Waals surface area contributed by atoms with Gasteiger partial charge in [-0.1, -0.05) is 53.6 Å². The van der Waals surface area contributed by atoms with E-state index < -0.39 is 10.0 Å². The van der Waals surface area contributed by atoms with Crippen molar-refractivity contribution in [3.05, 3.63) is 89.4 Å². The van der Waals surface area contributed by atoms with Gasteiger partial charge in [0.1, 0.15) is 0 Å². The molecule has 0 radical (unpaired) electrons. The van der Waals surface area contributed by atoms with Gasteiger partial charge in [0.15, 0.2) is 0 Å². The van der Waals surface area contributed by atoms with Crippen LogP contribution in [0, 0.1) is 6.92 Å². The van der Waals surface area contributed by atoms with E-state index in [0.717, 1.165) is 28.2 Å². The third kappa shape index (κ3) is 4.10. The Morgan fingerprint density at radius 1 is 0.862 bits per heavy atom. The Bertz CT molecular complexity index is 1260. The van der Waals surface area contributed by atoms with E-state index in [-0.39, 0.29) is 4.90 Å². The van der Waals surface area contributed by atoms with Gasteiger partial charge < -0.3 is 0 Å². The third-order valence-corrected chi connectivity index (χ3v) is 5.79. The molecule has 5 nitrogen and oxygen atoms in total. The smallest absolute Gasteiger partial charge is 0.232 e. The second-order valence-electron chi connectivity index (χ2n) is 6.74. The van der Waals surface area contributed by atoms with Crippen LogP contribution in [0.3, 0.4) is 0 Å². The quantitative estimate of drug-likeness (QED) is 0.511. The molecule has 3 aromatic carbocycles. The summed E-state index contributed by atoms with van der Waals surface area (Å²) < 4.78 is 24.9. The van der Waals surface area contributed by atoms with Crippen molar-refractivity contribution in [1.82, 2.24) is 9.78 Å². The number of primary sulfonamides is 1. The Morgan fingerprint density at radius 3 is 2.03 bits per heavy atom. The van der Waals surface area contributed by atoms with Gasteiger partial charge in [0.25, 0.3) is 0 Å². The molecule has 0 bridgehead atoms. The Balaban J connectivity index is 1.86. The predicted molar refractivity (Wildman–Crippen MR) is 116 cm³/mol. The van der Waals surface area contributed by atoms with Crippen molar-refractivity contribution in [2.45, 2.75) is 11.8 Å². The van der Waals surface area contributed by atoms with Crippen LogP contribution in [0.25, 0.3) is 28.2 Å². The number of rotatable bonds is 4. The molecule has 0 aliphatic rings. The molecule has 0 amide bonds. The number of nitrogens with two attached hydrogens (primary N) is 1. The van der Waals surface area contributed by atoms with E-state index in [1.54, 1.807) is 16.8 Å². The van der Waals surface area contributed by atoms with Gasteiger partial charge in [0, 0.05) is 16.1 Å². The van der Waals surface area contributed by atoms with Crippen molar-refractivity contribution in [3.63, 3.8) is 0 Å². The van der Waals surface area contributed by atoms with Gasteiger partial charge in [-0.25, -0.2) is 18.2 Å². The molecular weight excluding hydrogens is 406 g/mol. The minimum atomic E-state index is -3.76. The minimum absolute atomic E-state index is 0.0557. The first kappa shape index (κ1) is 19.4. The fourth-order valence-electron chi connectivity index (χ4n) is 3.05. The number of benzene rings is 3. The van der Waals surface area contributed by atoms with Crippen molar-refractivity contribution in [2.24, 2.45) is 5.14 Å². The second-order valence-corrected chi connectivity index (χ2v) is 8.74. The van der Waals surface area contributed by atoms with Crippen LogP contribution < -0.4 is 5.14 Å². The highest BCUT2D eigenvalue weighted by Gasteiger charge is 2.14. The molecule has 29 heavy (non-hydrogen) atoms. The molecule has 146 valence electrons. The molecule has 0 unspecified atom stereocenters. The largest absolute Gasteiger partial charge is 0.238 e. The van der Waals surface area contributed by atoms with Gasteiger partial charge in [-0.05, 0) is 49.4 Å². The minimum Gasteiger partial charge on any atom is -0.232 e. The van der Waals surface area contributed by atoms with Crippen LogP contribution >= 0.6 is 11.6 Å². The molecule has 7 heteroatoms. The standard InChI is InChI=1S/C22H18ClN3O2S/c1-15-2-4-16(5-3-15)21-14-22(17-6-8-18(23)9-7-17)26(25-21)19-10-12-20(13-11-19)29(24,27)28/h2-14H,1H3,(H2,24,27,28). The van der Waals surface area contributed by atoms with E-state index >= 15 is 0 Å². The van der Waals surface area contributed by atoms with Gasteiger partial charge in [0.05, 0.1) is 22.0 Å². The van der Waals surface area contributed by atoms with Crippen LogP contribution in [-0.2, 0) is 10.0 Å². The SMILES string of the molecule is Cc1ccc(-c2cc(-c3ccc(Cl)cc3)n(-c3ccc(S(N)(=O)=O)cc3)n2)cc1. The first-order valence-electron chi connectivity index (χ1n) is 8.87. The van der Waals surface area contributed by atoms with Crippen molar-refractivity contribution < 1.29 is 8.42 Å². The van der Waals surface area contributed by atoms with Crippen LogP contribution in [0.4, 0.5) is 0 Å². The van der Waals surface area contributed by atoms with E-state index in [0.29, 0.717) is 5.02 Å². The van der Waals surface area contributed by atoms with E-state index in [1.807, 2.05) is 61.5 Å². The lowest BCUT2D eigenvalue weighted by Gasteiger charge is -2.08. The molecule has 4 aromatic rings. The summed E-state index contributed by atoms with van der Waals surface area (Å²) in [5.74, 6) is 0. The Morgan fingerprint density at radius 2 is 1.45 bits per heavy atom. The lowest BCUT2D eigenvalue weighted by atomic mass is 10.1. The summed E-state index contributed by atoms with van der Waals surface area (Å²) in [5.41, 5.74) is 5.50. The second kappa shape index (κ2) is 7.48. The Hall–Kier alpha value is -2.93. The normalized spacial score (nSPS) is 11.6. The lowest BCUT2D eigenvalue weighted by Crippen LogP contribution is -2.12. The summed E-state index contributed by atoms with van der Waals surface area (Å²) >= 11 is 6.04. The van der Waals surface area contributed by atoms with Crippen LogP contribution in [0.1, 0.15) is 5.56 Å². The van der Waals surface area contributed by atoms with E-state index in [1.165, 1.54) is 17.7 Å². The summed E-state index contributed by atoms with van der Waals surface area (Å²) in [7, 11) is -3.76. The van der Waals surface area contributed by atoms with Crippen molar-refractivity contribution in [1.29, 1.82) is 0 Å². The number of aromatic nitrogens is 2. The maximum Gasteiger partial charge on any atom is 0.238 e. The van der Waals surface area contributed by atoms with Crippen molar-refractivity contribution in [3.8, 4) is 28.2 Å². The average molecular weight is 424 g/mol. The fraction of sp³-hybridized carbons (Fsp3) is 0.0455. The third-order valence-electron chi connectivity index (χ3n) is 4.61. The van der Waals surface area contributed by atoms with Gasteiger partial charge in [0.2, 0.25) is 10.0 Å². The predicted octanol–water partition coefficient (Wildman–Crippen LogP) is 4.82. The van der Waals surface area contributed by atoms with E-state index in [4.69, 9.17) is 21.8 Å². The van der Waals surface area contributed by atoms with Gasteiger partial charge in [-0.2, -0.15) is 5.10 Å². The zero-order valence-electron chi connectivity index (χ0n) is 15.6. The van der Waals surface area contributed by atoms with Crippen LogP contribution in [0.15, 0.2) is 83.8 Å². The molecule has 1 aromatic heterocycles. The van der Waals surface area contributed by atoms with E-state index in [2.05, 4.69) is 0 Å². The molecule has 2 N–H and O–H groups in total. The maximum absolute atomic E-state index is 11.6. The lowest BCUT2D eigenvalue weighted by molar-refractivity contribution is 0.598. The topological polar surface area (TPSA) is 78.0 Å². The van der Waals surface area contributed by atoms with E-state index in [9.17, 15) is 8.42 Å². The number of halogens is 1. The molecule has 4 rings (SSSR count). The number of sulfonamides is 1. The molecule has 0 saturated carbocycles. The highest BCUT2D eigenvalue weighted by Crippen LogP contribution is 2.30. The summed E-state index contributed by atoms with van der Waals surface area (Å²) in [6, 6.07) is 23.9. The molecule has 0 aliphatic carbocycles. The number of hydrogen-bond donors (Lipinski definition) is 1. The monoisotopic (exact) mass is 423 g/mol. The Labute approximate surface area is 174 Å². The highest BCUT2D eigenvalue weighted by molar-refractivity contribution is 7.89. The van der Waals surface area contributed by atoms with Gasteiger partial charge in [-0.15, -0.1) is 0 Å². The average Bonchev–Trinajstić information content (AvgIpc) is 3.14. The maximum atomic E-state index is 11.6. The molecule has 1 heterocycles. The van der Waals surface area contributed by atoms with Crippen molar-refractivity contribution >= 4 is 21.6 Å². The van der Waals surface area contributed by atoms with Gasteiger partial charge >= 0.3 is 0 Å². The summed E-state index contributed by atoms with van der Waals surface area (Å²) in [4.78, 5) is 0.0557. The molecular formula is C22H18ClN3O2S. The zero-order valence-corrected chi connectivity index (χ0v) is 17.2. The van der Waals surface area contributed by atoms with Crippen LogP contribution in [-0.4, -0.2) is 18.2 Å². The highest BCUT2D eigenvalue weighted by atomic mass is 35.5. The molecule has 0 atom stereocenters. The molecule has 0 spiro atoms. The molecule has 0 saturated heterocycles. The summed E-state index contributed by atoms with van der Waals surface area (Å²) in [6.07, 6.45) is 0. The number of nitrogens with zero attached hydrogens (tertiary/aromatic N) is 2. The summed E-state index contributed by atoms with van der Waals surface area (Å²) in [5, 5.41) is 10.6. The molecule has 0 fully saturated rings. The van der Waals surface area contributed by atoms with Gasteiger partial charge in [-0.3, -0.25) is 0 Å². The fourth-order valence-corrected chi connectivity index (χ4v) is 3.69.